The Balaban J connectivity index is 1.94. The molecule has 0 radical (unpaired) electrons. The van der Waals surface area contributed by atoms with Crippen LogP contribution in [-0.4, -0.2) is 35.1 Å². The largest absolute Gasteiger partial charge is 0.349 e. The zero-order chi connectivity index (χ0) is 12.0. The first kappa shape index (κ1) is 11.2. The minimum atomic E-state index is 0.119. The molecule has 0 aliphatic carbocycles. The van der Waals surface area contributed by atoms with Crippen molar-refractivity contribution in [2.45, 2.75) is 19.4 Å². The maximum absolute atomic E-state index is 5.92. The van der Waals surface area contributed by atoms with Gasteiger partial charge in [-0.2, -0.15) is 0 Å². The molecule has 0 saturated carbocycles. The smallest absolute Gasteiger partial charge is 0.149 e. The first-order valence-corrected chi connectivity index (χ1v) is 6.43. The van der Waals surface area contributed by atoms with Crippen LogP contribution in [0.25, 0.3) is 0 Å². The molecular weight excluding hydrogens is 236 g/mol. The van der Waals surface area contributed by atoms with Crippen molar-refractivity contribution in [3.05, 3.63) is 17.5 Å². The molecule has 1 N–H and O–H groups in total. The number of nitrogens with zero attached hydrogens (tertiary/aromatic N) is 3. The standard InChI is InChI=1S/C12H17ClN4/c1-12(2)9-4-14-3-8(9)7-17(12)11-6-15-5-10(13)16-11/h5-6,8-9,14H,3-4,7H2,1-2H3. The van der Waals surface area contributed by atoms with Gasteiger partial charge in [0.25, 0.3) is 0 Å². The molecule has 0 aromatic carbocycles. The third-order valence-electron chi connectivity index (χ3n) is 4.23. The molecule has 92 valence electrons. The number of fused-ring (bicyclic) bond motifs is 1. The predicted octanol–water partition coefficient (Wildman–Crippen LogP) is 1.56. The first-order chi connectivity index (χ1) is 8.09. The SMILES string of the molecule is CC1(C)C2CNCC2CN1c1cncc(Cl)n1. The first-order valence-electron chi connectivity index (χ1n) is 6.05. The van der Waals surface area contributed by atoms with Crippen LogP contribution in [0.2, 0.25) is 5.15 Å². The number of rotatable bonds is 1. The van der Waals surface area contributed by atoms with Gasteiger partial charge in [0, 0.05) is 25.2 Å². The van der Waals surface area contributed by atoms with Gasteiger partial charge in [-0.3, -0.25) is 4.98 Å². The van der Waals surface area contributed by atoms with E-state index in [1.54, 1.807) is 6.20 Å². The fourth-order valence-electron chi connectivity index (χ4n) is 3.27. The molecule has 2 fully saturated rings. The highest BCUT2D eigenvalue weighted by molar-refractivity contribution is 6.29. The highest BCUT2D eigenvalue weighted by Crippen LogP contribution is 2.42. The van der Waals surface area contributed by atoms with Gasteiger partial charge in [0.1, 0.15) is 11.0 Å². The van der Waals surface area contributed by atoms with Crippen LogP contribution in [0.15, 0.2) is 12.4 Å². The summed E-state index contributed by atoms with van der Waals surface area (Å²) in [5, 5.41) is 3.94. The molecule has 0 spiro atoms. The lowest BCUT2D eigenvalue weighted by molar-refractivity contribution is 0.356. The van der Waals surface area contributed by atoms with Crippen LogP contribution in [-0.2, 0) is 0 Å². The number of aromatic nitrogens is 2. The summed E-state index contributed by atoms with van der Waals surface area (Å²) in [4.78, 5) is 10.9. The van der Waals surface area contributed by atoms with Gasteiger partial charge in [-0.15, -0.1) is 0 Å². The van der Waals surface area contributed by atoms with Gasteiger partial charge < -0.3 is 10.2 Å². The number of hydrogen-bond acceptors (Lipinski definition) is 4. The van der Waals surface area contributed by atoms with Crippen molar-refractivity contribution in [3.8, 4) is 0 Å². The predicted molar refractivity (Wildman–Crippen MR) is 68.3 cm³/mol. The van der Waals surface area contributed by atoms with Crippen LogP contribution in [0.5, 0.6) is 0 Å². The summed E-state index contributed by atoms with van der Waals surface area (Å²) in [6.45, 7) is 7.82. The molecule has 4 nitrogen and oxygen atoms in total. The molecular formula is C12H17ClN4. The summed E-state index contributed by atoms with van der Waals surface area (Å²) in [7, 11) is 0. The molecule has 5 heteroatoms. The lowest BCUT2D eigenvalue weighted by atomic mass is 9.85. The summed E-state index contributed by atoms with van der Waals surface area (Å²) in [6, 6.07) is 0. The van der Waals surface area contributed by atoms with Crippen molar-refractivity contribution >= 4 is 17.4 Å². The molecule has 2 saturated heterocycles. The summed E-state index contributed by atoms with van der Waals surface area (Å²) in [6.07, 6.45) is 3.39. The zero-order valence-electron chi connectivity index (χ0n) is 10.2. The Labute approximate surface area is 106 Å². The second kappa shape index (κ2) is 3.82. The van der Waals surface area contributed by atoms with E-state index in [0.717, 1.165) is 25.5 Å². The second-order valence-electron chi connectivity index (χ2n) is 5.49. The Morgan fingerprint density at radius 3 is 2.94 bits per heavy atom. The molecule has 1 aromatic heterocycles. The molecule has 2 atom stereocenters. The summed E-state index contributed by atoms with van der Waals surface area (Å²) < 4.78 is 0. The summed E-state index contributed by atoms with van der Waals surface area (Å²) in [5.41, 5.74) is 0.119. The molecule has 0 amide bonds. The maximum atomic E-state index is 5.92. The van der Waals surface area contributed by atoms with Crippen molar-refractivity contribution < 1.29 is 0 Å². The van der Waals surface area contributed by atoms with Crippen molar-refractivity contribution in [1.29, 1.82) is 0 Å². The van der Waals surface area contributed by atoms with E-state index in [9.17, 15) is 0 Å². The normalized spacial score (nSPS) is 30.6. The van der Waals surface area contributed by atoms with Crippen molar-refractivity contribution in [1.82, 2.24) is 15.3 Å². The lowest BCUT2D eigenvalue weighted by Gasteiger charge is -2.36. The Kier molecular flexibility index (Phi) is 2.52. The van der Waals surface area contributed by atoms with Crippen LogP contribution in [0, 0.1) is 11.8 Å². The topological polar surface area (TPSA) is 41.0 Å². The summed E-state index contributed by atoms with van der Waals surface area (Å²) >= 11 is 5.92. The molecule has 0 bridgehead atoms. The minimum Gasteiger partial charge on any atom is -0.349 e. The average Bonchev–Trinajstić information content (AvgIpc) is 2.81. The van der Waals surface area contributed by atoms with Crippen LogP contribution < -0.4 is 10.2 Å². The van der Waals surface area contributed by atoms with Gasteiger partial charge in [0.2, 0.25) is 0 Å². The number of hydrogen-bond donors (Lipinski definition) is 1. The Morgan fingerprint density at radius 1 is 1.41 bits per heavy atom. The van der Waals surface area contributed by atoms with Crippen LogP contribution in [0.3, 0.4) is 0 Å². The van der Waals surface area contributed by atoms with E-state index in [0.29, 0.717) is 17.0 Å². The Morgan fingerprint density at radius 2 is 2.24 bits per heavy atom. The number of halogens is 1. The van der Waals surface area contributed by atoms with E-state index in [2.05, 4.69) is 34.0 Å². The molecule has 3 rings (SSSR count). The van der Waals surface area contributed by atoms with Crippen molar-refractivity contribution in [3.63, 3.8) is 0 Å². The molecule has 2 unspecified atom stereocenters. The fourth-order valence-corrected chi connectivity index (χ4v) is 3.42. The molecule has 2 aliphatic heterocycles. The van der Waals surface area contributed by atoms with Crippen molar-refractivity contribution in [2.75, 3.05) is 24.5 Å². The minimum absolute atomic E-state index is 0.119. The highest BCUT2D eigenvalue weighted by Gasteiger charge is 2.50. The molecule has 1 aromatic rings. The average molecular weight is 253 g/mol. The zero-order valence-corrected chi connectivity index (χ0v) is 10.9. The van der Waals surface area contributed by atoms with Crippen LogP contribution in [0.4, 0.5) is 5.82 Å². The lowest BCUT2D eigenvalue weighted by Crippen LogP contribution is -2.45. The van der Waals surface area contributed by atoms with E-state index in [1.165, 1.54) is 0 Å². The van der Waals surface area contributed by atoms with Gasteiger partial charge >= 0.3 is 0 Å². The Bertz CT molecular complexity index is 434. The van der Waals surface area contributed by atoms with Crippen LogP contribution >= 0.6 is 11.6 Å². The van der Waals surface area contributed by atoms with Gasteiger partial charge in [-0.05, 0) is 25.7 Å². The highest BCUT2D eigenvalue weighted by atomic mass is 35.5. The number of nitrogens with one attached hydrogen (secondary N) is 1. The van der Waals surface area contributed by atoms with Crippen LogP contribution in [0.1, 0.15) is 13.8 Å². The van der Waals surface area contributed by atoms with E-state index >= 15 is 0 Å². The third kappa shape index (κ3) is 1.70. The van der Waals surface area contributed by atoms with E-state index < -0.39 is 0 Å². The molecule has 3 heterocycles. The Hall–Kier alpha value is -0.870. The van der Waals surface area contributed by atoms with E-state index in [4.69, 9.17) is 11.6 Å². The molecule has 17 heavy (non-hydrogen) atoms. The maximum Gasteiger partial charge on any atom is 0.149 e. The monoisotopic (exact) mass is 252 g/mol. The summed E-state index contributed by atoms with van der Waals surface area (Å²) in [5.74, 6) is 2.30. The van der Waals surface area contributed by atoms with E-state index in [1.807, 2.05) is 6.20 Å². The van der Waals surface area contributed by atoms with Gasteiger partial charge in [-0.1, -0.05) is 11.6 Å². The van der Waals surface area contributed by atoms with Gasteiger partial charge in [0.05, 0.1) is 12.4 Å². The number of anilines is 1. The molecule has 2 aliphatic rings. The van der Waals surface area contributed by atoms with Gasteiger partial charge in [-0.25, -0.2) is 4.98 Å². The van der Waals surface area contributed by atoms with E-state index in [-0.39, 0.29) is 5.54 Å². The van der Waals surface area contributed by atoms with Gasteiger partial charge in [0.15, 0.2) is 0 Å². The fraction of sp³-hybridized carbons (Fsp3) is 0.667. The quantitative estimate of drug-likeness (QED) is 0.824. The van der Waals surface area contributed by atoms with Crippen molar-refractivity contribution in [2.24, 2.45) is 11.8 Å². The third-order valence-corrected chi connectivity index (χ3v) is 4.41. The second-order valence-corrected chi connectivity index (χ2v) is 5.88.